The molecule has 0 radical (unpaired) electrons. The Morgan fingerprint density at radius 1 is 1.40 bits per heavy atom. The van der Waals surface area contributed by atoms with Crippen molar-refractivity contribution in [2.24, 2.45) is 15.8 Å². The van der Waals surface area contributed by atoms with Crippen molar-refractivity contribution in [3.63, 3.8) is 0 Å². The first-order valence-electron chi connectivity index (χ1n) is 6.41. The summed E-state index contributed by atoms with van der Waals surface area (Å²) in [6, 6.07) is 5.81. The van der Waals surface area contributed by atoms with Gasteiger partial charge in [-0.2, -0.15) is 5.10 Å². The van der Waals surface area contributed by atoms with Gasteiger partial charge in [0.1, 0.15) is 5.75 Å². The maximum absolute atomic E-state index is 5.47. The second-order valence-electron chi connectivity index (χ2n) is 3.63. The second-order valence-corrected chi connectivity index (χ2v) is 3.63. The number of methoxy groups -OCH3 is 1. The molecule has 1 aromatic carbocycles. The van der Waals surface area contributed by atoms with Gasteiger partial charge in [-0.3, -0.25) is 4.99 Å². The standard InChI is InChI=1S/C12H15N5O.C2H6/c1-14-12(13)17-16-7-8-6-15-11-4-3-9(18-2)5-10(8)11;1-2/h3-7,15H,1-2H3,(H3,13,14,17);1-2H3/b16-7+;. The molecule has 0 bridgehead atoms. The minimum absolute atomic E-state index is 0.267. The van der Waals surface area contributed by atoms with Gasteiger partial charge in [-0.25, -0.2) is 5.43 Å². The molecule has 0 atom stereocenters. The first-order chi connectivity index (χ1) is 9.74. The summed E-state index contributed by atoms with van der Waals surface area (Å²) in [4.78, 5) is 6.89. The molecular weight excluding hydrogens is 254 g/mol. The van der Waals surface area contributed by atoms with Crippen LogP contribution < -0.4 is 15.9 Å². The van der Waals surface area contributed by atoms with Crippen LogP contribution in [0.5, 0.6) is 5.75 Å². The van der Waals surface area contributed by atoms with Gasteiger partial charge in [0.05, 0.1) is 13.3 Å². The molecule has 1 aromatic heterocycles. The maximum Gasteiger partial charge on any atom is 0.209 e. The summed E-state index contributed by atoms with van der Waals surface area (Å²) in [7, 11) is 3.23. The molecule has 0 aliphatic heterocycles. The number of ether oxygens (including phenoxy) is 1. The van der Waals surface area contributed by atoms with Crippen LogP contribution in [0.2, 0.25) is 0 Å². The molecule has 2 rings (SSSR count). The molecule has 20 heavy (non-hydrogen) atoms. The summed E-state index contributed by atoms with van der Waals surface area (Å²) < 4.78 is 5.19. The topological polar surface area (TPSA) is 87.8 Å². The maximum atomic E-state index is 5.47. The molecule has 0 saturated heterocycles. The second kappa shape index (κ2) is 7.83. The number of aromatic amines is 1. The zero-order valence-corrected chi connectivity index (χ0v) is 12.3. The quantitative estimate of drug-likeness (QED) is 0.455. The van der Waals surface area contributed by atoms with Gasteiger partial charge in [0, 0.05) is 29.7 Å². The molecule has 4 N–H and O–H groups in total. The van der Waals surface area contributed by atoms with Gasteiger partial charge in [0.25, 0.3) is 0 Å². The molecular formula is C14H21N5O. The SMILES string of the molecule is CC.CN=C(N)N/N=C/c1c[nH]c2ccc(OC)cc12. The minimum atomic E-state index is 0.267. The van der Waals surface area contributed by atoms with E-state index >= 15 is 0 Å². The van der Waals surface area contributed by atoms with Gasteiger partial charge in [-0.15, -0.1) is 0 Å². The molecule has 6 nitrogen and oxygen atoms in total. The first kappa shape index (κ1) is 15.6. The van der Waals surface area contributed by atoms with E-state index in [1.54, 1.807) is 20.4 Å². The number of H-pyrrole nitrogens is 1. The molecule has 0 amide bonds. The third-order valence-corrected chi connectivity index (χ3v) is 2.54. The summed E-state index contributed by atoms with van der Waals surface area (Å²) in [5.41, 5.74) is 10.1. The predicted octanol–water partition coefficient (Wildman–Crippen LogP) is 2.07. The fraction of sp³-hybridized carbons (Fsp3) is 0.286. The number of benzene rings is 1. The van der Waals surface area contributed by atoms with Crippen molar-refractivity contribution in [3.8, 4) is 5.75 Å². The molecule has 0 saturated carbocycles. The van der Waals surface area contributed by atoms with Crippen LogP contribution in [-0.4, -0.2) is 31.3 Å². The molecule has 108 valence electrons. The zero-order valence-electron chi connectivity index (χ0n) is 12.3. The third-order valence-electron chi connectivity index (χ3n) is 2.54. The van der Waals surface area contributed by atoms with Gasteiger partial charge in [0.15, 0.2) is 0 Å². The summed E-state index contributed by atoms with van der Waals surface area (Å²) in [6.07, 6.45) is 3.55. The number of aliphatic imine (C=N–C) groups is 1. The summed E-state index contributed by atoms with van der Waals surface area (Å²) in [5.74, 6) is 1.07. The number of fused-ring (bicyclic) bond motifs is 1. The van der Waals surface area contributed by atoms with E-state index in [1.165, 1.54) is 0 Å². The van der Waals surface area contributed by atoms with E-state index in [4.69, 9.17) is 10.5 Å². The van der Waals surface area contributed by atoms with E-state index in [-0.39, 0.29) is 5.96 Å². The largest absolute Gasteiger partial charge is 0.497 e. The van der Waals surface area contributed by atoms with E-state index in [0.717, 1.165) is 22.2 Å². The van der Waals surface area contributed by atoms with Crippen molar-refractivity contribution in [2.75, 3.05) is 14.2 Å². The van der Waals surface area contributed by atoms with Crippen LogP contribution >= 0.6 is 0 Å². The van der Waals surface area contributed by atoms with E-state index in [0.29, 0.717) is 0 Å². The van der Waals surface area contributed by atoms with Gasteiger partial charge in [0.2, 0.25) is 5.96 Å². The van der Waals surface area contributed by atoms with Crippen LogP contribution in [0.1, 0.15) is 19.4 Å². The van der Waals surface area contributed by atoms with Crippen LogP contribution in [0, 0.1) is 0 Å². The fourth-order valence-corrected chi connectivity index (χ4v) is 1.57. The van der Waals surface area contributed by atoms with Crippen molar-refractivity contribution in [2.45, 2.75) is 13.8 Å². The highest BCUT2D eigenvalue weighted by Crippen LogP contribution is 2.22. The lowest BCUT2D eigenvalue weighted by atomic mass is 10.2. The molecule has 0 aliphatic carbocycles. The number of hydrogen-bond donors (Lipinski definition) is 3. The predicted molar refractivity (Wildman–Crippen MR) is 84.5 cm³/mol. The van der Waals surface area contributed by atoms with Crippen LogP contribution in [0.25, 0.3) is 10.9 Å². The van der Waals surface area contributed by atoms with Gasteiger partial charge < -0.3 is 15.5 Å². The smallest absolute Gasteiger partial charge is 0.209 e. The van der Waals surface area contributed by atoms with Crippen LogP contribution in [0.15, 0.2) is 34.5 Å². The third kappa shape index (κ3) is 3.74. The summed E-state index contributed by atoms with van der Waals surface area (Å²) >= 11 is 0. The number of nitrogens with one attached hydrogen (secondary N) is 2. The Morgan fingerprint density at radius 3 is 2.80 bits per heavy atom. The van der Waals surface area contributed by atoms with Crippen molar-refractivity contribution >= 4 is 23.1 Å². The Hall–Kier alpha value is -2.50. The lowest BCUT2D eigenvalue weighted by Crippen LogP contribution is -2.26. The van der Waals surface area contributed by atoms with Crippen LogP contribution in [-0.2, 0) is 0 Å². The molecule has 0 unspecified atom stereocenters. The summed E-state index contributed by atoms with van der Waals surface area (Å²) in [6.45, 7) is 4.00. The number of aromatic nitrogens is 1. The molecule has 0 fully saturated rings. The molecule has 0 aliphatic rings. The number of hydrogen-bond acceptors (Lipinski definition) is 3. The Morgan fingerprint density at radius 2 is 2.15 bits per heavy atom. The average Bonchev–Trinajstić information content (AvgIpc) is 2.91. The normalized spacial score (nSPS) is 11.3. The minimum Gasteiger partial charge on any atom is -0.497 e. The molecule has 2 aromatic rings. The molecule has 1 heterocycles. The number of guanidine groups is 1. The van der Waals surface area contributed by atoms with Crippen molar-refractivity contribution in [3.05, 3.63) is 30.0 Å². The van der Waals surface area contributed by atoms with E-state index in [9.17, 15) is 0 Å². The number of hydrazone groups is 1. The highest BCUT2D eigenvalue weighted by Gasteiger charge is 2.02. The Bertz CT molecular complexity index is 601. The van der Waals surface area contributed by atoms with Gasteiger partial charge in [-0.1, -0.05) is 13.8 Å². The van der Waals surface area contributed by atoms with Gasteiger partial charge in [-0.05, 0) is 18.2 Å². The molecule has 0 spiro atoms. The highest BCUT2D eigenvalue weighted by molar-refractivity contribution is 5.99. The number of rotatable bonds is 3. The van der Waals surface area contributed by atoms with Crippen LogP contribution in [0.3, 0.4) is 0 Å². The van der Waals surface area contributed by atoms with E-state index in [1.807, 2.05) is 38.2 Å². The Kier molecular flexibility index (Phi) is 6.09. The fourth-order valence-electron chi connectivity index (χ4n) is 1.57. The zero-order chi connectivity index (χ0) is 15.0. The first-order valence-corrected chi connectivity index (χ1v) is 6.41. The highest BCUT2D eigenvalue weighted by atomic mass is 16.5. The van der Waals surface area contributed by atoms with Crippen molar-refractivity contribution in [1.29, 1.82) is 0 Å². The number of nitrogens with zero attached hydrogens (tertiary/aromatic N) is 2. The van der Waals surface area contributed by atoms with Crippen molar-refractivity contribution in [1.82, 2.24) is 10.4 Å². The Balaban J connectivity index is 0.000000956. The monoisotopic (exact) mass is 275 g/mol. The van der Waals surface area contributed by atoms with Crippen LogP contribution in [0.4, 0.5) is 0 Å². The van der Waals surface area contributed by atoms with E-state index in [2.05, 4.69) is 20.5 Å². The number of nitrogens with two attached hydrogens (primary N) is 1. The van der Waals surface area contributed by atoms with Gasteiger partial charge >= 0.3 is 0 Å². The van der Waals surface area contributed by atoms with E-state index < -0.39 is 0 Å². The van der Waals surface area contributed by atoms with Crippen molar-refractivity contribution < 1.29 is 4.74 Å². The lowest BCUT2D eigenvalue weighted by Gasteiger charge is -1.99. The summed E-state index contributed by atoms with van der Waals surface area (Å²) in [5, 5.41) is 5.03. The Labute approximate surface area is 118 Å². The lowest BCUT2D eigenvalue weighted by molar-refractivity contribution is 0.415. The molecule has 6 heteroatoms. The average molecular weight is 275 g/mol.